The van der Waals surface area contributed by atoms with E-state index in [1.54, 1.807) is 10.9 Å². The van der Waals surface area contributed by atoms with Crippen molar-refractivity contribution in [2.75, 3.05) is 5.73 Å². The van der Waals surface area contributed by atoms with Gasteiger partial charge in [0.05, 0.1) is 5.69 Å². The smallest absolute Gasteiger partial charge is 0.175 e. The van der Waals surface area contributed by atoms with Gasteiger partial charge in [0.2, 0.25) is 0 Å². The van der Waals surface area contributed by atoms with E-state index in [0.29, 0.717) is 11.5 Å². The summed E-state index contributed by atoms with van der Waals surface area (Å²) in [6.45, 7) is 0. The Morgan fingerprint density at radius 2 is 2.23 bits per heavy atom. The number of aromatic amines is 1. The van der Waals surface area contributed by atoms with Crippen molar-refractivity contribution in [2.45, 2.75) is 0 Å². The summed E-state index contributed by atoms with van der Waals surface area (Å²) in [5, 5.41) is 14.1. The summed E-state index contributed by atoms with van der Waals surface area (Å²) >= 11 is 0. The lowest BCUT2D eigenvalue weighted by atomic mass is 10.3. The van der Waals surface area contributed by atoms with Gasteiger partial charge in [0.1, 0.15) is 0 Å². The highest BCUT2D eigenvalue weighted by Crippen LogP contribution is 2.18. The fourth-order valence-corrected chi connectivity index (χ4v) is 1.03. The van der Waals surface area contributed by atoms with Crippen LogP contribution in [0.15, 0.2) is 12.3 Å². The van der Waals surface area contributed by atoms with Gasteiger partial charge in [-0.2, -0.15) is 15.4 Å². The lowest BCUT2D eigenvalue weighted by Crippen LogP contribution is -1.96. The lowest BCUT2D eigenvalue weighted by molar-refractivity contribution is 0.772. The van der Waals surface area contributed by atoms with Crippen LogP contribution in [0, 0.1) is 0 Å². The van der Waals surface area contributed by atoms with E-state index in [2.05, 4.69) is 20.5 Å². The van der Waals surface area contributed by atoms with Gasteiger partial charge in [-0.1, -0.05) is 0 Å². The third-order valence-corrected chi connectivity index (χ3v) is 1.64. The summed E-state index contributed by atoms with van der Waals surface area (Å²) in [6, 6.07) is 1.83. The molecule has 2 heterocycles. The zero-order valence-corrected chi connectivity index (χ0v) is 7.75. The molecular weight excluding hydrogens is 192 g/mol. The number of halogens is 1. The Balaban J connectivity index is 0.000000845. The summed E-state index contributed by atoms with van der Waals surface area (Å²) in [5.74, 6) is 0.388. The Labute approximate surface area is 80.5 Å². The monoisotopic (exact) mass is 200 g/mol. The van der Waals surface area contributed by atoms with Crippen LogP contribution in [0.1, 0.15) is 0 Å². The van der Waals surface area contributed by atoms with Gasteiger partial charge in [-0.05, 0) is 6.07 Å². The molecule has 3 N–H and O–H groups in total. The Morgan fingerprint density at radius 1 is 1.46 bits per heavy atom. The van der Waals surface area contributed by atoms with E-state index in [1.807, 2.05) is 13.1 Å². The summed E-state index contributed by atoms with van der Waals surface area (Å²) in [7, 11) is 1.82. The standard InChI is InChI=1S/C6H8N6.ClH/c1-12-4(2-3-8-12)5-6(7)10-11-9-5;/h2-3H,1H3,(H3,7,9,10,11);1H. The highest BCUT2D eigenvalue weighted by Gasteiger charge is 2.09. The van der Waals surface area contributed by atoms with Crippen LogP contribution in [-0.4, -0.2) is 25.2 Å². The summed E-state index contributed by atoms with van der Waals surface area (Å²) in [4.78, 5) is 0. The van der Waals surface area contributed by atoms with Crippen LogP contribution in [0.25, 0.3) is 11.4 Å². The van der Waals surface area contributed by atoms with Crippen molar-refractivity contribution in [1.82, 2.24) is 25.2 Å². The second-order valence-corrected chi connectivity index (χ2v) is 2.40. The van der Waals surface area contributed by atoms with Crippen LogP contribution in [0.2, 0.25) is 0 Å². The summed E-state index contributed by atoms with van der Waals surface area (Å²) in [5.41, 5.74) is 7.04. The number of rotatable bonds is 1. The third kappa shape index (κ3) is 1.48. The maximum Gasteiger partial charge on any atom is 0.175 e. The van der Waals surface area contributed by atoms with E-state index < -0.39 is 0 Å². The molecule has 0 atom stereocenters. The first-order valence-electron chi connectivity index (χ1n) is 3.43. The molecule has 0 aliphatic rings. The predicted octanol–water partition coefficient (Wildman–Crippen LogP) is 0.209. The second-order valence-electron chi connectivity index (χ2n) is 2.40. The zero-order chi connectivity index (χ0) is 8.55. The Bertz CT molecular complexity index is 353. The van der Waals surface area contributed by atoms with Gasteiger partial charge < -0.3 is 5.73 Å². The van der Waals surface area contributed by atoms with Gasteiger partial charge in [0, 0.05) is 13.2 Å². The van der Waals surface area contributed by atoms with Crippen molar-refractivity contribution in [3.05, 3.63) is 12.3 Å². The molecule has 0 radical (unpaired) electrons. The molecule has 13 heavy (non-hydrogen) atoms. The molecule has 0 saturated carbocycles. The van der Waals surface area contributed by atoms with Gasteiger partial charge in [-0.3, -0.25) is 4.68 Å². The fraction of sp³-hybridized carbons (Fsp3) is 0.167. The van der Waals surface area contributed by atoms with E-state index in [0.717, 1.165) is 5.69 Å². The minimum absolute atomic E-state index is 0. The first kappa shape index (κ1) is 9.53. The van der Waals surface area contributed by atoms with Crippen molar-refractivity contribution < 1.29 is 0 Å². The van der Waals surface area contributed by atoms with Crippen molar-refractivity contribution >= 4 is 18.2 Å². The molecule has 0 spiro atoms. The average Bonchev–Trinajstić information content (AvgIpc) is 2.59. The van der Waals surface area contributed by atoms with Crippen LogP contribution in [0.3, 0.4) is 0 Å². The molecule has 6 nitrogen and oxygen atoms in total. The molecule has 2 aromatic rings. The number of aromatic nitrogens is 5. The van der Waals surface area contributed by atoms with E-state index in [1.165, 1.54) is 0 Å². The molecule has 0 fully saturated rings. The molecular formula is C6H9ClN6. The molecule has 2 rings (SSSR count). The molecule has 7 heteroatoms. The molecule has 70 valence electrons. The van der Waals surface area contributed by atoms with Crippen LogP contribution in [-0.2, 0) is 7.05 Å². The van der Waals surface area contributed by atoms with Crippen molar-refractivity contribution in [3.8, 4) is 11.4 Å². The highest BCUT2D eigenvalue weighted by molar-refractivity contribution is 5.85. The second kappa shape index (κ2) is 3.44. The van der Waals surface area contributed by atoms with Gasteiger partial charge in [-0.15, -0.1) is 17.5 Å². The molecule has 0 unspecified atom stereocenters. The zero-order valence-electron chi connectivity index (χ0n) is 6.93. The van der Waals surface area contributed by atoms with Crippen LogP contribution < -0.4 is 5.73 Å². The SMILES string of the molecule is Cl.Cn1nccc1-c1n[nH]nc1N. The minimum Gasteiger partial charge on any atom is -0.380 e. The van der Waals surface area contributed by atoms with Crippen molar-refractivity contribution in [2.24, 2.45) is 7.05 Å². The van der Waals surface area contributed by atoms with Crippen LogP contribution in [0.4, 0.5) is 5.82 Å². The highest BCUT2D eigenvalue weighted by atomic mass is 35.5. The van der Waals surface area contributed by atoms with Gasteiger partial charge >= 0.3 is 0 Å². The molecule has 0 aliphatic carbocycles. The summed E-state index contributed by atoms with van der Waals surface area (Å²) in [6.07, 6.45) is 1.68. The number of hydrogen-bond donors (Lipinski definition) is 2. The first-order valence-corrected chi connectivity index (χ1v) is 3.43. The number of nitrogens with one attached hydrogen (secondary N) is 1. The maximum absolute atomic E-state index is 5.55. The van der Waals surface area contributed by atoms with E-state index in [-0.39, 0.29) is 12.4 Å². The molecule has 0 bridgehead atoms. The summed E-state index contributed by atoms with van der Waals surface area (Å²) < 4.78 is 1.69. The van der Waals surface area contributed by atoms with E-state index >= 15 is 0 Å². The van der Waals surface area contributed by atoms with Gasteiger partial charge in [0.15, 0.2) is 11.5 Å². The largest absolute Gasteiger partial charge is 0.380 e. The van der Waals surface area contributed by atoms with Crippen LogP contribution >= 0.6 is 12.4 Å². The fourth-order valence-electron chi connectivity index (χ4n) is 1.03. The quantitative estimate of drug-likeness (QED) is 0.689. The van der Waals surface area contributed by atoms with Crippen molar-refractivity contribution in [3.63, 3.8) is 0 Å². The number of nitrogens with zero attached hydrogens (tertiary/aromatic N) is 4. The first-order chi connectivity index (χ1) is 5.79. The maximum atomic E-state index is 5.55. The van der Waals surface area contributed by atoms with Gasteiger partial charge in [-0.25, -0.2) is 0 Å². The Morgan fingerprint density at radius 3 is 2.69 bits per heavy atom. The number of nitrogens with two attached hydrogens (primary N) is 1. The molecule has 2 aromatic heterocycles. The van der Waals surface area contributed by atoms with Gasteiger partial charge in [0.25, 0.3) is 0 Å². The van der Waals surface area contributed by atoms with E-state index in [4.69, 9.17) is 5.73 Å². The number of H-pyrrole nitrogens is 1. The van der Waals surface area contributed by atoms with E-state index in [9.17, 15) is 0 Å². The molecule has 0 aromatic carbocycles. The lowest BCUT2D eigenvalue weighted by Gasteiger charge is -1.95. The Hall–Kier alpha value is -1.56. The average molecular weight is 201 g/mol. The Kier molecular flexibility index (Phi) is 2.52. The van der Waals surface area contributed by atoms with Crippen molar-refractivity contribution in [1.29, 1.82) is 0 Å². The number of hydrogen-bond acceptors (Lipinski definition) is 4. The normalized spacial score (nSPS) is 9.62. The van der Waals surface area contributed by atoms with Crippen LogP contribution in [0.5, 0.6) is 0 Å². The molecule has 0 aliphatic heterocycles. The predicted molar refractivity (Wildman–Crippen MR) is 50.2 cm³/mol. The molecule has 0 saturated heterocycles. The number of anilines is 1. The number of nitrogen functional groups attached to an aromatic ring is 1. The number of aryl methyl sites for hydroxylation is 1. The third-order valence-electron chi connectivity index (χ3n) is 1.64. The topological polar surface area (TPSA) is 85.4 Å². The molecule has 0 amide bonds. The minimum atomic E-state index is 0.